The fourth-order valence-electron chi connectivity index (χ4n) is 5.93. The molecular formula is C35H52N2O2. The molecule has 0 aliphatic heterocycles. The van der Waals surface area contributed by atoms with Crippen molar-refractivity contribution in [3.05, 3.63) is 77.4 Å². The number of benzene rings is 2. The molecule has 0 spiro atoms. The molecule has 214 valence electrons. The summed E-state index contributed by atoms with van der Waals surface area (Å²) in [6.45, 7) is 2.27. The summed E-state index contributed by atoms with van der Waals surface area (Å²) in [5, 5.41) is 3.28. The van der Waals surface area contributed by atoms with Gasteiger partial charge in [-0.25, -0.2) is 0 Å². The van der Waals surface area contributed by atoms with Crippen LogP contribution in [0.5, 0.6) is 5.75 Å². The van der Waals surface area contributed by atoms with E-state index in [0.717, 1.165) is 42.6 Å². The van der Waals surface area contributed by atoms with E-state index in [1.165, 1.54) is 76.2 Å². The van der Waals surface area contributed by atoms with Gasteiger partial charge >= 0.3 is 0 Å². The zero-order valence-electron chi connectivity index (χ0n) is 24.6. The maximum absolute atomic E-state index is 13.1. The van der Waals surface area contributed by atoms with Gasteiger partial charge in [-0.1, -0.05) is 107 Å². The molecule has 3 N–H and O–H groups in total. The van der Waals surface area contributed by atoms with Crippen LogP contribution in [0.4, 0.5) is 0 Å². The second-order valence-corrected chi connectivity index (χ2v) is 11.3. The quantitative estimate of drug-likeness (QED) is 0.115. The van der Waals surface area contributed by atoms with E-state index in [2.05, 4.69) is 54.7 Å². The third kappa shape index (κ3) is 9.83. The molecule has 2 aromatic rings. The van der Waals surface area contributed by atoms with Crippen molar-refractivity contribution in [3.8, 4) is 5.75 Å². The first-order chi connectivity index (χ1) is 19.1. The molecule has 39 heavy (non-hydrogen) atoms. The molecule has 0 aromatic heterocycles. The molecule has 4 heteroatoms. The van der Waals surface area contributed by atoms with E-state index in [1.807, 2.05) is 18.2 Å². The molecule has 0 saturated carbocycles. The van der Waals surface area contributed by atoms with Gasteiger partial charge in [0, 0.05) is 12.3 Å². The van der Waals surface area contributed by atoms with Crippen molar-refractivity contribution >= 4 is 5.91 Å². The standard InChI is InChI=1S/C35H52N2O2/c1-3-4-5-6-7-8-9-10-11-12-13-14-15-16-17-22-34(38)37-35(36)32-21-19-18-20-29(32)25-28-33(35)30-23-26-31(39-2)27-24-30/h10-11,18-21,23-24,26-27,33H,3-9,12-17,22,25,28,36H2,1-2H3,(H,37,38)/t33-,35+/m0/s1. The number of carbonyl (C=O) groups excluding carboxylic acids is 1. The molecule has 1 aliphatic rings. The number of fused-ring (bicyclic) bond motifs is 1. The van der Waals surface area contributed by atoms with Crippen molar-refractivity contribution in [2.24, 2.45) is 5.73 Å². The fourth-order valence-corrected chi connectivity index (χ4v) is 5.93. The van der Waals surface area contributed by atoms with Crippen LogP contribution in [0.1, 0.15) is 126 Å². The molecule has 3 rings (SSSR count). The molecule has 2 atom stereocenters. The van der Waals surface area contributed by atoms with Crippen molar-refractivity contribution in [1.29, 1.82) is 0 Å². The Morgan fingerprint density at radius 1 is 0.897 bits per heavy atom. The molecule has 0 bridgehead atoms. The third-order valence-corrected chi connectivity index (χ3v) is 8.25. The van der Waals surface area contributed by atoms with Crippen LogP contribution in [-0.2, 0) is 16.9 Å². The molecule has 1 aliphatic carbocycles. The monoisotopic (exact) mass is 532 g/mol. The highest BCUT2D eigenvalue weighted by Crippen LogP contribution is 2.42. The van der Waals surface area contributed by atoms with Crippen molar-refractivity contribution in [2.45, 2.75) is 121 Å². The predicted molar refractivity (Wildman–Crippen MR) is 164 cm³/mol. The van der Waals surface area contributed by atoms with Crippen molar-refractivity contribution < 1.29 is 9.53 Å². The number of hydrogen-bond donors (Lipinski definition) is 2. The van der Waals surface area contributed by atoms with Gasteiger partial charge in [-0.3, -0.25) is 4.79 Å². The van der Waals surface area contributed by atoms with E-state index in [9.17, 15) is 4.79 Å². The first kappa shape index (κ1) is 30.9. The SMILES string of the molecule is CCCCCCCCC=CCCCCCCCC(=O)N[C@]1(N)c2ccccc2CC[C@H]1c1ccc(OC)cc1. The van der Waals surface area contributed by atoms with Gasteiger partial charge in [-0.15, -0.1) is 0 Å². The highest BCUT2D eigenvalue weighted by Gasteiger charge is 2.43. The summed E-state index contributed by atoms with van der Waals surface area (Å²) in [7, 11) is 1.67. The smallest absolute Gasteiger partial charge is 0.221 e. The van der Waals surface area contributed by atoms with Crippen LogP contribution in [-0.4, -0.2) is 13.0 Å². The average molecular weight is 533 g/mol. The Kier molecular flexibility index (Phi) is 13.6. The summed E-state index contributed by atoms with van der Waals surface area (Å²) in [6, 6.07) is 16.4. The summed E-state index contributed by atoms with van der Waals surface area (Å²) < 4.78 is 5.34. The number of hydrogen-bond acceptors (Lipinski definition) is 3. The summed E-state index contributed by atoms with van der Waals surface area (Å²) >= 11 is 0. The maximum Gasteiger partial charge on any atom is 0.221 e. The molecule has 0 unspecified atom stereocenters. The minimum atomic E-state index is -0.914. The summed E-state index contributed by atoms with van der Waals surface area (Å²) in [5.41, 5.74) is 9.59. The molecule has 0 radical (unpaired) electrons. The average Bonchev–Trinajstić information content (AvgIpc) is 2.95. The topological polar surface area (TPSA) is 64.4 Å². The lowest BCUT2D eigenvalue weighted by Gasteiger charge is -2.43. The first-order valence-corrected chi connectivity index (χ1v) is 15.6. The van der Waals surface area contributed by atoms with Crippen LogP contribution in [0.3, 0.4) is 0 Å². The summed E-state index contributed by atoms with van der Waals surface area (Å²) in [5.74, 6) is 0.882. The highest BCUT2D eigenvalue weighted by atomic mass is 16.5. The van der Waals surface area contributed by atoms with Gasteiger partial charge in [-0.2, -0.15) is 0 Å². The zero-order valence-corrected chi connectivity index (χ0v) is 24.6. The van der Waals surface area contributed by atoms with Gasteiger partial charge in [0.25, 0.3) is 0 Å². The third-order valence-electron chi connectivity index (χ3n) is 8.25. The van der Waals surface area contributed by atoms with Crippen LogP contribution in [0.15, 0.2) is 60.7 Å². The number of carbonyl (C=O) groups is 1. The van der Waals surface area contributed by atoms with Crippen molar-refractivity contribution in [2.75, 3.05) is 7.11 Å². The second kappa shape index (κ2) is 17.2. The number of amides is 1. The number of methoxy groups -OCH3 is 1. The Bertz CT molecular complexity index is 1000. The lowest BCUT2D eigenvalue weighted by atomic mass is 9.72. The highest BCUT2D eigenvalue weighted by molar-refractivity contribution is 5.77. The van der Waals surface area contributed by atoms with Crippen molar-refractivity contribution in [3.63, 3.8) is 0 Å². The molecule has 2 aromatic carbocycles. The normalized spacial score (nSPS) is 18.7. The maximum atomic E-state index is 13.1. The van der Waals surface area contributed by atoms with E-state index in [1.54, 1.807) is 7.11 Å². The minimum absolute atomic E-state index is 0.0105. The van der Waals surface area contributed by atoms with E-state index in [4.69, 9.17) is 10.5 Å². The Morgan fingerprint density at radius 2 is 1.51 bits per heavy atom. The zero-order chi connectivity index (χ0) is 27.8. The van der Waals surface area contributed by atoms with E-state index in [0.29, 0.717) is 6.42 Å². The lowest BCUT2D eigenvalue weighted by molar-refractivity contribution is -0.123. The molecule has 1 amide bonds. The molecule has 4 nitrogen and oxygen atoms in total. The largest absolute Gasteiger partial charge is 0.497 e. The number of allylic oxidation sites excluding steroid dienone is 2. The van der Waals surface area contributed by atoms with Crippen LogP contribution in [0.2, 0.25) is 0 Å². The predicted octanol–water partition coefficient (Wildman–Crippen LogP) is 8.69. The van der Waals surface area contributed by atoms with Crippen LogP contribution < -0.4 is 15.8 Å². The van der Waals surface area contributed by atoms with Gasteiger partial charge in [0.05, 0.1) is 7.11 Å². The Hall–Kier alpha value is -2.59. The van der Waals surface area contributed by atoms with E-state index < -0.39 is 5.66 Å². The summed E-state index contributed by atoms with van der Waals surface area (Å²) in [6.07, 6.45) is 23.4. The number of unbranched alkanes of at least 4 members (excludes halogenated alkanes) is 11. The number of aryl methyl sites for hydroxylation is 1. The van der Waals surface area contributed by atoms with Gasteiger partial charge in [0.2, 0.25) is 5.91 Å². The fraction of sp³-hybridized carbons (Fsp3) is 0.571. The Balaban J connectivity index is 1.39. The van der Waals surface area contributed by atoms with Crippen molar-refractivity contribution in [1.82, 2.24) is 5.32 Å². The Morgan fingerprint density at radius 3 is 2.18 bits per heavy atom. The summed E-state index contributed by atoms with van der Waals surface area (Å²) in [4.78, 5) is 13.1. The van der Waals surface area contributed by atoms with Gasteiger partial charge in [0.1, 0.15) is 11.4 Å². The van der Waals surface area contributed by atoms with E-state index >= 15 is 0 Å². The van der Waals surface area contributed by atoms with Crippen LogP contribution in [0, 0.1) is 0 Å². The number of nitrogens with two attached hydrogens (primary N) is 1. The van der Waals surface area contributed by atoms with Gasteiger partial charge < -0.3 is 15.8 Å². The molecule has 0 saturated heterocycles. The van der Waals surface area contributed by atoms with Gasteiger partial charge in [-0.05, 0) is 73.8 Å². The Labute approximate surface area is 237 Å². The van der Waals surface area contributed by atoms with Crippen LogP contribution >= 0.6 is 0 Å². The van der Waals surface area contributed by atoms with Gasteiger partial charge in [0.15, 0.2) is 0 Å². The lowest BCUT2D eigenvalue weighted by Crippen LogP contribution is -2.58. The second-order valence-electron chi connectivity index (χ2n) is 11.3. The first-order valence-electron chi connectivity index (χ1n) is 15.6. The molecule has 0 heterocycles. The molecule has 0 fully saturated rings. The number of rotatable bonds is 18. The number of ether oxygens (including phenoxy) is 1. The molecular weight excluding hydrogens is 480 g/mol. The minimum Gasteiger partial charge on any atom is -0.497 e. The van der Waals surface area contributed by atoms with E-state index in [-0.39, 0.29) is 11.8 Å². The van der Waals surface area contributed by atoms with Crippen LogP contribution in [0.25, 0.3) is 0 Å². The number of nitrogens with one attached hydrogen (secondary N) is 1.